The van der Waals surface area contributed by atoms with Gasteiger partial charge in [-0.25, -0.2) is 4.79 Å². The minimum Gasteiger partial charge on any atom is -0.334 e. The Balaban J connectivity index is 2.64. The van der Waals surface area contributed by atoms with Crippen LogP contribution in [0.2, 0.25) is 0 Å². The van der Waals surface area contributed by atoms with E-state index in [4.69, 9.17) is 0 Å². The van der Waals surface area contributed by atoms with Gasteiger partial charge in [-0.15, -0.1) is 6.58 Å². The van der Waals surface area contributed by atoms with E-state index >= 15 is 0 Å². The van der Waals surface area contributed by atoms with Gasteiger partial charge in [0.1, 0.15) is 0 Å². The van der Waals surface area contributed by atoms with E-state index in [2.05, 4.69) is 49.1 Å². The molecule has 0 atom stereocenters. The second-order valence-corrected chi connectivity index (χ2v) is 4.52. The average Bonchev–Trinajstić information content (AvgIpc) is 2.19. The molecule has 1 aromatic carbocycles. The molecule has 0 bridgehead atoms. The van der Waals surface area contributed by atoms with Gasteiger partial charge in [-0.05, 0) is 34.1 Å². The number of carbonyl (C=O) groups excluding carboxylic acids is 1. The highest BCUT2D eigenvalue weighted by atomic mass is 79.9. The van der Waals surface area contributed by atoms with E-state index in [0.29, 0.717) is 6.54 Å². The summed E-state index contributed by atoms with van der Waals surface area (Å²) in [5.74, 6) is 0. The molecule has 0 aliphatic rings. The van der Waals surface area contributed by atoms with E-state index in [1.54, 1.807) is 6.08 Å². The summed E-state index contributed by atoms with van der Waals surface area (Å²) in [5, 5.41) is 5.33. The lowest BCUT2D eigenvalue weighted by Gasteiger charge is -2.07. The van der Waals surface area contributed by atoms with Gasteiger partial charge in [0.05, 0.1) is 5.69 Å². The van der Waals surface area contributed by atoms with Gasteiger partial charge in [-0.3, -0.25) is 0 Å². The summed E-state index contributed by atoms with van der Waals surface area (Å²) in [6.07, 6.45) is 1.62. The zero-order chi connectivity index (χ0) is 11.3. The first kappa shape index (κ1) is 12.3. The molecule has 0 aliphatic heterocycles. The number of benzene rings is 1. The van der Waals surface area contributed by atoms with E-state index in [-0.39, 0.29) is 6.03 Å². The Labute approximate surface area is 105 Å². The fourth-order valence-corrected chi connectivity index (χ4v) is 2.07. The molecule has 0 unspecified atom stereocenters. The van der Waals surface area contributed by atoms with E-state index in [9.17, 15) is 4.79 Å². The smallest absolute Gasteiger partial charge is 0.319 e. The molecule has 0 fully saturated rings. The first-order valence-electron chi connectivity index (χ1n) is 4.24. The standard InChI is InChI=1S/C10H10Br2N2O/c1-2-5-13-10(15)14-9-4-3-7(11)6-8(9)12/h2-4,6H,1,5H2,(H2,13,14,15). The number of nitrogens with one attached hydrogen (secondary N) is 2. The van der Waals surface area contributed by atoms with Crippen molar-refractivity contribution >= 4 is 43.6 Å². The molecule has 0 radical (unpaired) electrons. The van der Waals surface area contributed by atoms with Crippen LogP contribution in [0.5, 0.6) is 0 Å². The van der Waals surface area contributed by atoms with E-state index in [1.807, 2.05) is 18.2 Å². The minimum atomic E-state index is -0.252. The Morgan fingerprint density at radius 2 is 2.20 bits per heavy atom. The zero-order valence-electron chi connectivity index (χ0n) is 7.89. The third-order valence-corrected chi connectivity index (χ3v) is 2.74. The number of anilines is 1. The Morgan fingerprint density at radius 3 is 2.80 bits per heavy atom. The largest absolute Gasteiger partial charge is 0.334 e. The fourth-order valence-electron chi connectivity index (χ4n) is 0.922. The summed E-state index contributed by atoms with van der Waals surface area (Å²) in [5.41, 5.74) is 0.722. The molecule has 0 aliphatic carbocycles. The van der Waals surface area contributed by atoms with Crippen molar-refractivity contribution in [1.82, 2.24) is 5.32 Å². The van der Waals surface area contributed by atoms with Crippen LogP contribution in [0.3, 0.4) is 0 Å². The molecule has 0 saturated heterocycles. The summed E-state index contributed by atoms with van der Waals surface area (Å²) < 4.78 is 1.78. The maximum Gasteiger partial charge on any atom is 0.319 e. The molecule has 1 rings (SSSR count). The molecule has 80 valence electrons. The molecular formula is C10H10Br2N2O. The van der Waals surface area contributed by atoms with Gasteiger partial charge in [-0.2, -0.15) is 0 Å². The number of carbonyl (C=O) groups is 1. The zero-order valence-corrected chi connectivity index (χ0v) is 11.1. The van der Waals surface area contributed by atoms with Crippen molar-refractivity contribution in [2.45, 2.75) is 0 Å². The lowest BCUT2D eigenvalue weighted by atomic mass is 10.3. The predicted molar refractivity (Wildman–Crippen MR) is 69.1 cm³/mol. The molecule has 5 heteroatoms. The number of urea groups is 1. The molecular weight excluding hydrogens is 324 g/mol. The number of hydrogen-bond donors (Lipinski definition) is 2. The van der Waals surface area contributed by atoms with Crippen molar-refractivity contribution in [3.63, 3.8) is 0 Å². The summed E-state index contributed by atoms with van der Waals surface area (Å²) in [4.78, 5) is 11.3. The lowest BCUT2D eigenvalue weighted by molar-refractivity contribution is 0.253. The highest BCUT2D eigenvalue weighted by Gasteiger charge is 2.03. The normalized spacial score (nSPS) is 9.47. The van der Waals surface area contributed by atoms with Crippen molar-refractivity contribution in [2.75, 3.05) is 11.9 Å². The third kappa shape index (κ3) is 4.05. The topological polar surface area (TPSA) is 41.1 Å². The van der Waals surface area contributed by atoms with E-state index in [1.165, 1.54) is 0 Å². The second kappa shape index (κ2) is 5.92. The monoisotopic (exact) mass is 332 g/mol. The number of amides is 2. The molecule has 1 aromatic rings. The van der Waals surface area contributed by atoms with Gasteiger partial charge in [0, 0.05) is 15.5 Å². The first-order valence-corrected chi connectivity index (χ1v) is 5.83. The third-order valence-electron chi connectivity index (χ3n) is 1.59. The summed E-state index contributed by atoms with van der Waals surface area (Å²) in [7, 11) is 0. The SMILES string of the molecule is C=CCNC(=O)Nc1ccc(Br)cc1Br. The molecule has 2 amide bonds. The van der Waals surface area contributed by atoms with Crippen molar-refractivity contribution in [3.8, 4) is 0 Å². The Hall–Kier alpha value is -0.810. The van der Waals surface area contributed by atoms with Gasteiger partial charge >= 0.3 is 6.03 Å². The highest BCUT2D eigenvalue weighted by Crippen LogP contribution is 2.25. The van der Waals surface area contributed by atoms with Crippen LogP contribution < -0.4 is 10.6 Å². The number of halogens is 2. The maximum absolute atomic E-state index is 11.3. The summed E-state index contributed by atoms with van der Waals surface area (Å²) in [6, 6.07) is 5.27. The van der Waals surface area contributed by atoms with Crippen LogP contribution in [0, 0.1) is 0 Å². The van der Waals surface area contributed by atoms with Crippen molar-refractivity contribution in [1.29, 1.82) is 0 Å². The van der Waals surface area contributed by atoms with Gasteiger partial charge in [0.15, 0.2) is 0 Å². The molecule has 0 saturated carbocycles. The van der Waals surface area contributed by atoms with Gasteiger partial charge in [0.2, 0.25) is 0 Å². The van der Waals surface area contributed by atoms with Crippen LogP contribution in [0.1, 0.15) is 0 Å². The van der Waals surface area contributed by atoms with Crippen LogP contribution >= 0.6 is 31.9 Å². The molecule has 0 heterocycles. The van der Waals surface area contributed by atoms with Crippen molar-refractivity contribution in [3.05, 3.63) is 39.8 Å². The summed E-state index contributed by atoms with van der Waals surface area (Å²) >= 11 is 6.68. The van der Waals surface area contributed by atoms with Crippen LogP contribution in [-0.2, 0) is 0 Å². The van der Waals surface area contributed by atoms with Gasteiger partial charge < -0.3 is 10.6 Å². The highest BCUT2D eigenvalue weighted by molar-refractivity contribution is 9.11. The quantitative estimate of drug-likeness (QED) is 0.816. The Kier molecular flexibility index (Phi) is 4.84. The molecule has 3 nitrogen and oxygen atoms in total. The number of rotatable bonds is 3. The number of hydrogen-bond acceptors (Lipinski definition) is 1. The fraction of sp³-hybridized carbons (Fsp3) is 0.100. The van der Waals surface area contributed by atoms with Crippen molar-refractivity contribution in [2.24, 2.45) is 0 Å². The van der Waals surface area contributed by atoms with Crippen LogP contribution in [-0.4, -0.2) is 12.6 Å². The summed E-state index contributed by atoms with van der Waals surface area (Å²) in [6.45, 7) is 3.96. The predicted octanol–water partition coefficient (Wildman–Crippen LogP) is 3.52. The van der Waals surface area contributed by atoms with E-state index in [0.717, 1.165) is 14.6 Å². The van der Waals surface area contributed by atoms with Crippen LogP contribution in [0.4, 0.5) is 10.5 Å². The van der Waals surface area contributed by atoms with E-state index < -0.39 is 0 Å². The molecule has 0 spiro atoms. The lowest BCUT2D eigenvalue weighted by Crippen LogP contribution is -2.28. The molecule has 15 heavy (non-hydrogen) atoms. The van der Waals surface area contributed by atoms with Gasteiger partial charge in [0.25, 0.3) is 0 Å². The Morgan fingerprint density at radius 1 is 1.47 bits per heavy atom. The second-order valence-electron chi connectivity index (χ2n) is 2.75. The van der Waals surface area contributed by atoms with Crippen LogP contribution in [0.15, 0.2) is 39.8 Å². The maximum atomic E-state index is 11.3. The van der Waals surface area contributed by atoms with Gasteiger partial charge in [-0.1, -0.05) is 22.0 Å². The first-order chi connectivity index (χ1) is 7.13. The molecule has 2 N–H and O–H groups in total. The van der Waals surface area contributed by atoms with Crippen molar-refractivity contribution < 1.29 is 4.79 Å². The average molecular weight is 334 g/mol. The van der Waals surface area contributed by atoms with Crippen LogP contribution in [0.25, 0.3) is 0 Å². The minimum absolute atomic E-state index is 0.252. The Bertz CT molecular complexity index is 380. The molecule has 0 aromatic heterocycles.